The van der Waals surface area contributed by atoms with Gasteiger partial charge in [-0.25, -0.2) is 0 Å². The quantitative estimate of drug-likeness (QED) is 0.202. The second kappa shape index (κ2) is 12.8. The molecule has 0 atom stereocenters. The number of hydrogen-bond acceptors (Lipinski definition) is 2. The number of carbonyl (C=O) groups excluding carboxylic acids is 1. The summed E-state index contributed by atoms with van der Waals surface area (Å²) in [4.78, 5) is 17.6. The molecule has 0 saturated carbocycles. The Morgan fingerprint density at radius 3 is 2.75 bits per heavy atom. The molecule has 1 aromatic carbocycles. The molecule has 1 amide bonds. The Labute approximate surface area is 162 Å². The Morgan fingerprint density at radius 2 is 2.12 bits per heavy atom. The van der Waals surface area contributed by atoms with Gasteiger partial charge in [-0.1, -0.05) is 24.6 Å². The monoisotopic (exact) mass is 444 g/mol. The Balaban J connectivity index is 0.00000529. The molecule has 6 heteroatoms. The molecule has 134 valence electrons. The van der Waals surface area contributed by atoms with Crippen molar-refractivity contribution in [1.82, 2.24) is 10.2 Å². The minimum Gasteiger partial charge on any atom is -0.366 e. The number of primary amides is 1. The number of guanidine groups is 1. The molecule has 0 aliphatic rings. The number of halogens is 1. The molecule has 0 spiro atoms. The first-order valence-corrected chi connectivity index (χ1v) is 8.00. The van der Waals surface area contributed by atoms with Gasteiger partial charge in [0, 0.05) is 32.7 Å². The minimum absolute atomic E-state index is 0. The summed E-state index contributed by atoms with van der Waals surface area (Å²) in [7, 11) is 3.80. The molecule has 5 nitrogen and oxygen atoms in total. The van der Waals surface area contributed by atoms with Crippen LogP contribution in [0.4, 0.5) is 0 Å². The maximum Gasteiger partial charge on any atom is 0.248 e. The second-order valence-electron chi connectivity index (χ2n) is 5.52. The number of unbranched alkanes of at least 4 members (excludes halogenated alkanes) is 3. The van der Waals surface area contributed by atoms with Crippen LogP contribution in [0.5, 0.6) is 0 Å². The molecule has 0 radical (unpaired) electrons. The van der Waals surface area contributed by atoms with Gasteiger partial charge >= 0.3 is 0 Å². The van der Waals surface area contributed by atoms with Crippen LogP contribution >= 0.6 is 24.0 Å². The molecule has 1 rings (SSSR count). The van der Waals surface area contributed by atoms with Crippen molar-refractivity contribution < 1.29 is 4.79 Å². The van der Waals surface area contributed by atoms with Gasteiger partial charge in [0.15, 0.2) is 5.96 Å². The van der Waals surface area contributed by atoms with Gasteiger partial charge in [-0.3, -0.25) is 9.79 Å². The molecule has 24 heavy (non-hydrogen) atoms. The molecule has 0 fully saturated rings. The van der Waals surface area contributed by atoms with Crippen LogP contribution in [0.3, 0.4) is 0 Å². The number of nitrogens with zero attached hydrogens (tertiary/aromatic N) is 2. The largest absolute Gasteiger partial charge is 0.366 e. The Hall–Kier alpha value is -1.57. The van der Waals surface area contributed by atoms with E-state index in [-0.39, 0.29) is 24.0 Å². The molecule has 0 unspecified atom stereocenters. The number of allylic oxidation sites excluding steroid dienone is 1. The molecular weight excluding hydrogens is 415 g/mol. The van der Waals surface area contributed by atoms with E-state index in [0.29, 0.717) is 12.1 Å². The summed E-state index contributed by atoms with van der Waals surface area (Å²) in [6.45, 7) is 5.30. The van der Waals surface area contributed by atoms with Crippen LogP contribution in [0.15, 0.2) is 41.9 Å². The van der Waals surface area contributed by atoms with E-state index >= 15 is 0 Å². The highest BCUT2D eigenvalue weighted by molar-refractivity contribution is 14.0. The SMILES string of the molecule is C=CCCCCCN(C)C(=NC)NCc1cccc(C(N)=O)c1.I. The highest BCUT2D eigenvalue weighted by Crippen LogP contribution is 2.05. The maximum atomic E-state index is 11.2. The number of amides is 1. The molecule has 0 saturated heterocycles. The van der Waals surface area contributed by atoms with Gasteiger partial charge < -0.3 is 16.0 Å². The summed E-state index contributed by atoms with van der Waals surface area (Å²) < 4.78 is 0. The van der Waals surface area contributed by atoms with Crippen molar-refractivity contribution in [2.75, 3.05) is 20.6 Å². The highest BCUT2D eigenvalue weighted by atomic mass is 127. The van der Waals surface area contributed by atoms with E-state index in [0.717, 1.165) is 30.9 Å². The lowest BCUT2D eigenvalue weighted by atomic mass is 10.1. The summed E-state index contributed by atoms with van der Waals surface area (Å²) in [5.74, 6) is 0.436. The second-order valence-corrected chi connectivity index (χ2v) is 5.52. The highest BCUT2D eigenvalue weighted by Gasteiger charge is 2.06. The number of rotatable bonds is 9. The zero-order chi connectivity index (χ0) is 17.1. The summed E-state index contributed by atoms with van der Waals surface area (Å²) in [5, 5.41) is 3.31. The zero-order valence-electron chi connectivity index (χ0n) is 14.6. The third-order valence-electron chi connectivity index (χ3n) is 3.64. The van der Waals surface area contributed by atoms with Crippen LogP contribution in [-0.2, 0) is 6.54 Å². The molecule has 1 aromatic rings. The van der Waals surface area contributed by atoms with Crippen molar-refractivity contribution in [1.29, 1.82) is 0 Å². The molecule has 0 heterocycles. The number of carbonyl (C=O) groups is 1. The summed E-state index contributed by atoms with van der Waals surface area (Å²) in [6.07, 6.45) is 6.54. The minimum atomic E-state index is -0.409. The van der Waals surface area contributed by atoms with E-state index in [9.17, 15) is 4.79 Å². The van der Waals surface area contributed by atoms with Crippen LogP contribution in [0.25, 0.3) is 0 Å². The Morgan fingerprint density at radius 1 is 1.38 bits per heavy atom. The van der Waals surface area contributed by atoms with Crippen LogP contribution in [0.1, 0.15) is 41.6 Å². The average Bonchev–Trinajstić information content (AvgIpc) is 2.55. The third kappa shape index (κ3) is 8.33. The van der Waals surface area contributed by atoms with E-state index in [1.807, 2.05) is 25.3 Å². The van der Waals surface area contributed by atoms with Gasteiger partial charge in [-0.15, -0.1) is 30.6 Å². The molecule has 3 N–H and O–H groups in total. The van der Waals surface area contributed by atoms with Gasteiger partial charge in [-0.2, -0.15) is 0 Å². The van der Waals surface area contributed by atoms with Crippen molar-refractivity contribution >= 4 is 35.8 Å². The van der Waals surface area contributed by atoms with Crippen LogP contribution in [0, 0.1) is 0 Å². The predicted molar refractivity (Wildman–Crippen MR) is 112 cm³/mol. The van der Waals surface area contributed by atoms with Gasteiger partial charge in [0.05, 0.1) is 0 Å². The molecule has 0 aliphatic heterocycles. The maximum absolute atomic E-state index is 11.2. The Kier molecular flexibility index (Phi) is 12.0. The van der Waals surface area contributed by atoms with Gasteiger partial charge in [0.25, 0.3) is 0 Å². The molecule has 0 bridgehead atoms. The van der Waals surface area contributed by atoms with E-state index in [1.54, 1.807) is 19.2 Å². The number of benzene rings is 1. The summed E-state index contributed by atoms with van der Waals surface area (Å²) in [6, 6.07) is 7.32. The van der Waals surface area contributed by atoms with Gasteiger partial charge in [0.2, 0.25) is 5.91 Å². The van der Waals surface area contributed by atoms with Crippen LogP contribution < -0.4 is 11.1 Å². The lowest BCUT2D eigenvalue weighted by Crippen LogP contribution is -2.39. The fraction of sp³-hybridized carbons (Fsp3) is 0.444. The van der Waals surface area contributed by atoms with E-state index in [2.05, 4.69) is 21.8 Å². The number of hydrogen-bond donors (Lipinski definition) is 2. The van der Waals surface area contributed by atoms with Gasteiger partial charge in [0.1, 0.15) is 0 Å². The summed E-state index contributed by atoms with van der Waals surface area (Å²) in [5.41, 5.74) is 6.83. The lowest BCUT2D eigenvalue weighted by molar-refractivity contribution is 0.1000. The van der Waals surface area contributed by atoms with Crippen LogP contribution in [-0.4, -0.2) is 37.4 Å². The van der Waals surface area contributed by atoms with Crippen molar-refractivity contribution in [2.24, 2.45) is 10.7 Å². The van der Waals surface area contributed by atoms with Crippen molar-refractivity contribution in [3.63, 3.8) is 0 Å². The Bertz CT molecular complexity index is 546. The molecule has 0 aliphatic carbocycles. The summed E-state index contributed by atoms with van der Waals surface area (Å²) >= 11 is 0. The van der Waals surface area contributed by atoms with Crippen molar-refractivity contribution in [2.45, 2.75) is 32.2 Å². The van der Waals surface area contributed by atoms with E-state index in [4.69, 9.17) is 5.73 Å². The first kappa shape index (κ1) is 22.4. The fourth-order valence-corrected chi connectivity index (χ4v) is 2.32. The van der Waals surface area contributed by atoms with E-state index in [1.165, 1.54) is 12.8 Å². The van der Waals surface area contributed by atoms with Gasteiger partial charge in [-0.05, 0) is 37.0 Å². The smallest absolute Gasteiger partial charge is 0.248 e. The third-order valence-corrected chi connectivity index (χ3v) is 3.64. The average molecular weight is 444 g/mol. The normalized spacial score (nSPS) is 10.7. The number of nitrogens with one attached hydrogen (secondary N) is 1. The first-order chi connectivity index (χ1) is 11.1. The van der Waals surface area contributed by atoms with Crippen molar-refractivity contribution in [3.05, 3.63) is 48.0 Å². The first-order valence-electron chi connectivity index (χ1n) is 8.00. The van der Waals surface area contributed by atoms with Crippen molar-refractivity contribution in [3.8, 4) is 0 Å². The molecular formula is C18H29IN4O. The lowest BCUT2D eigenvalue weighted by Gasteiger charge is -2.22. The van der Waals surface area contributed by atoms with Crippen LogP contribution in [0.2, 0.25) is 0 Å². The predicted octanol–water partition coefficient (Wildman–Crippen LogP) is 3.16. The zero-order valence-corrected chi connectivity index (χ0v) is 17.0. The fourth-order valence-electron chi connectivity index (χ4n) is 2.32. The number of aliphatic imine (C=N–C) groups is 1. The number of nitrogens with two attached hydrogens (primary N) is 1. The standard InChI is InChI=1S/C18H28N4O.HI/c1-4-5-6-7-8-12-22(3)18(20-2)21-14-15-10-9-11-16(13-15)17(19)23;/h4,9-11,13H,1,5-8,12,14H2,2-3H3,(H2,19,23)(H,20,21);1H. The molecule has 0 aromatic heterocycles. The topological polar surface area (TPSA) is 70.7 Å². The van der Waals surface area contributed by atoms with E-state index < -0.39 is 5.91 Å².